The first-order valence-corrected chi connectivity index (χ1v) is 40.2. The van der Waals surface area contributed by atoms with E-state index < -0.39 is 124 Å². The van der Waals surface area contributed by atoms with Gasteiger partial charge in [0.2, 0.25) is 5.91 Å². The fraction of sp³-hybridized carbons (Fsp3) is 0.911. The lowest BCUT2D eigenvalue weighted by atomic mass is 9.96. The van der Waals surface area contributed by atoms with Gasteiger partial charge in [-0.15, -0.1) is 0 Å². The smallest absolute Gasteiger partial charge is 0.220 e. The monoisotopic (exact) mass is 1400 g/mol. The van der Waals surface area contributed by atoms with E-state index in [4.69, 9.17) is 28.4 Å². The highest BCUT2D eigenvalue weighted by molar-refractivity contribution is 5.76. The molecule has 1 amide bonds. The molecule has 19 nitrogen and oxygen atoms in total. The fourth-order valence-electron chi connectivity index (χ4n) is 13.7. The highest BCUT2D eigenvalue weighted by Crippen LogP contribution is 2.33. The number of amides is 1. The van der Waals surface area contributed by atoms with Gasteiger partial charge < -0.3 is 89.9 Å². The van der Waals surface area contributed by atoms with Crippen molar-refractivity contribution in [3.63, 3.8) is 0 Å². The van der Waals surface area contributed by atoms with Crippen LogP contribution >= 0.6 is 0 Å². The van der Waals surface area contributed by atoms with Gasteiger partial charge in [0.25, 0.3) is 0 Å². The minimum atomic E-state index is -1.98. The maximum absolute atomic E-state index is 13.5. The average molecular weight is 1400 g/mol. The van der Waals surface area contributed by atoms with Crippen molar-refractivity contribution in [2.75, 3.05) is 26.4 Å². The van der Waals surface area contributed by atoms with Crippen LogP contribution in [-0.2, 0) is 33.2 Å². The van der Waals surface area contributed by atoms with E-state index in [-0.39, 0.29) is 18.9 Å². The number of aliphatic hydroxyl groups excluding tert-OH is 11. The van der Waals surface area contributed by atoms with Crippen molar-refractivity contribution in [2.45, 2.75) is 433 Å². The standard InChI is InChI=1S/C79H147NO18/c1-3-5-7-9-11-13-15-17-19-21-23-25-26-27-28-29-30-31-32-33-34-35-36-37-39-41-43-45-47-49-51-53-55-57-67(85)80-62(63(84)56-54-52-50-48-46-44-42-40-38-24-22-20-18-16-14-12-10-8-6-4-2)61-93-77-73(91)70(88)75(65(59-82)95-77)98-79-74(92)71(89)76(66(60-83)96-79)97-78-72(90)69(87)68(86)64(58-81)94-78/h15,17,21,23,54,56,62-66,68-79,81-84,86-92H,3-14,16,18-20,22,24-53,55,57-61H2,1-2H3,(H,80,85)/b17-15-,23-21-,56-54+. The van der Waals surface area contributed by atoms with Crippen LogP contribution in [0.5, 0.6) is 0 Å². The minimum absolute atomic E-state index is 0.247. The Balaban J connectivity index is 1.35. The van der Waals surface area contributed by atoms with E-state index in [2.05, 4.69) is 43.5 Å². The first kappa shape index (κ1) is 90.2. The summed E-state index contributed by atoms with van der Waals surface area (Å²) < 4.78 is 34.4. The zero-order valence-electron chi connectivity index (χ0n) is 61.5. The molecular formula is C79H147NO18. The van der Waals surface area contributed by atoms with Gasteiger partial charge in [-0.3, -0.25) is 4.79 Å². The number of hydrogen-bond acceptors (Lipinski definition) is 18. The number of allylic oxidation sites excluding steroid dienone is 5. The van der Waals surface area contributed by atoms with Crippen LogP contribution in [0.25, 0.3) is 0 Å². The van der Waals surface area contributed by atoms with E-state index in [1.807, 2.05) is 6.08 Å². The molecule has 3 aliphatic rings. The Labute approximate surface area is 593 Å². The Morgan fingerprint density at radius 3 is 1.04 bits per heavy atom. The Morgan fingerprint density at radius 2 is 0.673 bits per heavy atom. The van der Waals surface area contributed by atoms with Crippen LogP contribution in [0.4, 0.5) is 0 Å². The lowest BCUT2D eigenvalue weighted by Gasteiger charge is -2.48. The molecular weight excluding hydrogens is 1250 g/mol. The van der Waals surface area contributed by atoms with Crippen LogP contribution in [0, 0.1) is 0 Å². The third-order valence-corrected chi connectivity index (χ3v) is 20.2. The Kier molecular flexibility index (Phi) is 55.5. The molecule has 576 valence electrons. The van der Waals surface area contributed by atoms with Crippen LogP contribution in [0.3, 0.4) is 0 Å². The SMILES string of the molecule is CCCCCCC/C=C\C/C=C\CCCCCCCCCCCCCCCCCCCCCCCC(=O)NC(COC1OC(CO)C(OC2OC(CO)C(OC3OC(CO)C(O)C(O)C3O)C(O)C2O)C(O)C1O)C(O)/C=C/CCCCCCCCCCCCCCCCCCCC. The van der Waals surface area contributed by atoms with Gasteiger partial charge >= 0.3 is 0 Å². The second-order valence-corrected chi connectivity index (χ2v) is 28.9. The largest absolute Gasteiger partial charge is 0.394 e. The normalized spacial score (nSPS) is 26.9. The fourth-order valence-corrected chi connectivity index (χ4v) is 13.7. The van der Waals surface area contributed by atoms with Gasteiger partial charge in [0.15, 0.2) is 18.9 Å². The quantitative estimate of drug-likeness (QED) is 0.0199. The molecule has 0 aliphatic carbocycles. The number of aliphatic hydroxyl groups is 11. The Bertz CT molecular complexity index is 1910. The predicted octanol–water partition coefficient (Wildman–Crippen LogP) is 13.1. The van der Waals surface area contributed by atoms with Crippen molar-refractivity contribution in [1.82, 2.24) is 5.32 Å². The molecule has 0 aromatic rings. The highest BCUT2D eigenvalue weighted by atomic mass is 16.8. The summed E-state index contributed by atoms with van der Waals surface area (Å²) in [5.41, 5.74) is 0. The summed E-state index contributed by atoms with van der Waals surface area (Å²) in [4.78, 5) is 13.5. The first-order valence-electron chi connectivity index (χ1n) is 40.2. The van der Waals surface area contributed by atoms with Crippen molar-refractivity contribution in [3.8, 4) is 0 Å². The predicted molar refractivity (Wildman–Crippen MR) is 388 cm³/mol. The summed E-state index contributed by atoms with van der Waals surface area (Å²) >= 11 is 0. The molecule has 0 radical (unpaired) electrons. The van der Waals surface area contributed by atoms with Crippen LogP contribution < -0.4 is 5.32 Å². The van der Waals surface area contributed by atoms with Gasteiger partial charge in [0.1, 0.15) is 73.2 Å². The first-order chi connectivity index (χ1) is 47.8. The Morgan fingerprint density at radius 1 is 0.367 bits per heavy atom. The maximum atomic E-state index is 13.5. The molecule has 19 heteroatoms. The molecule has 98 heavy (non-hydrogen) atoms. The van der Waals surface area contributed by atoms with Gasteiger partial charge in [-0.1, -0.05) is 307 Å². The number of unbranched alkanes of at least 4 members (excludes halogenated alkanes) is 44. The van der Waals surface area contributed by atoms with E-state index >= 15 is 0 Å². The van der Waals surface area contributed by atoms with Crippen molar-refractivity contribution in [1.29, 1.82) is 0 Å². The third-order valence-electron chi connectivity index (χ3n) is 20.2. The lowest BCUT2D eigenvalue weighted by molar-refractivity contribution is -0.379. The molecule has 3 aliphatic heterocycles. The van der Waals surface area contributed by atoms with Crippen LogP contribution in [0.1, 0.15) is 328 Å². The number of ether oxygens (including phenoxy) is 6. The summed E-state index contributed by atoms with van der Waals surface area (Å²) in [6.07, 6.45) is 47.0. The molecule has 0 saturated carbocycles. The molecule has 17 unspecified atom stereocenters. The van der Waals surface area contributed by atoms with Crippen LogP contribution in [0.15, 0.2) is 36.5 Å². The maximum Gasteiger partial charge on any atom is 0.220 e. The second-order valence-electron chi connectivity index (χ2n) is 28.9. The van der Waals surface area contributed by atoms with Crippen molar-refractivity contribution in [3.05, 3.63) is 36.5 Å². The highest BCUT2D eigenvalue weighted by Gasteiger charge is 2.54. The molecule has 12 N–H and O–H groups in total. The lowest BCUT2D eigenvalue weighted by Crippen LogP contribution is -2.66. The van der Waals surface area contributed by atoms with E-state index in [1.165, 1.54) is 250 Å². The molecule has 17 atom stereocenters. The summed E-state index contributed by atoms with van der Waals surface area (Å²) in [6, 6.07) is -0.972. The summed E-state index contributed by atoms with van der Waals surface area (Å²) in [6.45, 7) is 1.77. The molecule has 0 bridgehead atoms. The topological polar surface area (TPSA) is 307 Å². The van der Waals surface area contributed by atoms with E-state index in [0.29, 0.717) is 6.42 Å². The molecule has 0 aromatic carbocycles. The summed E-state index contributed by atoms with van der Waals surface area (Å²) in [7, 11) is 0. The van der Waals surface area contributed by atoms with Crippen LogP contribution in [0.2, 0.25) is 0 Å². The van der Waals surface area contributed by atoms with E-state index in [0.717, 1.165) is 51.4 Å². The molecule has 3 fully saturated rings. The number of nitrogens with one attached hydrogen (secondary N) is 1. The molecule has 0 aromatic heterocycles. The number of hydrogen-bond donors (Lipinski definition) is 12. The van der Waals surface area contributed by atoms with Crippen LogP contribution in [-0.4, -0.2) is 193 Å². The van der Waals surface area contributed by atoms with Gasteiger partial charge in [0.05, 0.1) is 38.6 Å². The van der Waals surface area contributed by atoms with Crippen molar-refractivity contribution < 1.29 is 89.4 Å². The van der Waals surface area contributed by atoms with E-state index in [1.54, 1.807) is 6.08 Å². The van der Waals surface area contributed by atoms with Crippen molar-refractivity contribution >= 4 is 5.91 Å². The number of carbonyl (C=O) groups excluding carboxylic acids is 1. The van der Waals surface area contributed by atoms with Crippen molar-refractivity contribution in [2.24, 2.45) is 0 Å². The summed E-state index contributed by atoms with van der Waals surface area (Å²) in [5, 5.41) is 121. The number of carbonyl (C=O) groups is 1. The second kappa shape index (κ2) is 60.3. The third kappa shape index (κ3) is 40.3. The van der Waals surface area contributed by atoms with Gasteiger partial charge in [-0.2, -0.15) is 0 Å². The van der Waals surface area contributed by atoms with Gasteiger partial charge in [-0.05, 0) is 51.4 Å². The van der Waals surface area contributed by atoms with Gasteiger partial charge in [-0.25, -0.2) is 0 Å². The average Bonchev–Trinajstić information content (AvgIpc) is 0.782. The molecule has 3 saturated heterocycles. The zero-order chi connectivity index (χ0) is 71.1. The summed E-state index contributed by atoms with van der Waals surface area (Å²) in [5.74, 6) is -0.269. The molecule has 0 spiro atoms. The molecule has 3 rings (SSSR count). The molecule has 3 heterocycles. The minimum Gasteiger partial charge on any atom is -0.394 e. The van der Waals surface area contributed by atoms with E-state index in [9.17, 15) is 61.0 Å². The zero-order valence-corrected chi connectivity index (χ0v) is 61.5. The Hall–Kier alpha value is -1.99. The number of rotatable bonds is 64. The van der Waals surface area contributed by atoms with Gasteiger partial charge in [0, 0.05) is 6.42 Å².